The number of hydrogen-bond acceptors (Lipinski definition) is 4. The number of hydrogen-bond donors (Lipinski definition) is 2. The Morgan fingerprint density at radius 1 is 1.14 bits per heavy atom. The van der Waals surface area contributed by atoms with Gasteiger partial charge in [0, 0.05) is 10.2 Å². The minimum atomic E-state index is -0.811. The molecule has 9 heteroatoms. The number of methoxy groups -OCH3 is 1. The molecule has 0 aliphatic carbocycles. The first-order valence-corrected chi connectivity index (χ1v) is 8.95. The van der Waals surface area contributed by atoms with E-state index in [4.69, 9.17) is 0 Å². The van der Waals surface area contributed by atoms with Gasteiger partial charge in [0.2, 0.25) is 0 Å². The molecule has 2 amide bonds. The average Bonchev–Trinajstić information content (AvgIpc) is 3.06. The van der Waals surface area contributed by atoms with Crippen LogP contribution in [0.1, 0.15) is 16.1 Å². The van der Waals surface area contributed by atoms with Gasteiger partial charge in [0.05, 0.1) is 35.9 Å². The molecule has 1 heterocycles. The fourth-order valence-corrected chi connectivity index (χ4v) is 2.80. The minimum Gasteiger partial charge on any atom is -0.453 e. The van der Waals surface area contributed by atoms with Crippen molar-refractivity contribution < 1.29 is 18.7 Å². The highest BCUT2D eigenvalue weighted by Crippen LogP contribution is 2.22. The maximum Gasteiger partial charge on any atom is 0.411 e. The smallest absolute Gasteiger partial charge is 0.411 e. The Morgan fingerprint density at radius 2 is 1.86 bits per heavy atom. The number of nitrogens with one attached hydrogen (secondary N) is 2. The number of aromatic nitrogens is 2. The van der Waals surface area contributed by atoms with E-state index in [1.165, 1.54) is 25.4 Å². The Balaban J connectivity index is 1.81. The Morgan fingerprint density at radius 3 is 2.54 bits per heavy atom. The van der Waals surface area contributed by atoms with Crippen molar-refractivity contribution in [3.05, 3.63) is 70.2 Å². The van der Waals surface area contributed by atoms with Crippen LogP contribution in [0, 0.1) is 12.7 Å². The highest BCUT2D eigenvalue weighted by molar-refractivity contribution is 9.10. The van der Waals surface area contributed by atoms with E-state index in [0.29, 0.717) is 16.9 Å². The van der Waals surface area contributed by atoms with Crippen molar-refractivity contribution in [1.82, 2.24) is 9.78 Å². The molecule has 0 unspecified atom stereocenters. The van der Waals surface area contributed by atoms with E-state index in [2.05, 4.69) is 36.4 Å². The van der Waals surface area contributed by atoms with Crippen molar-refractivity contribution in [3.8, 4) is 5.69 Å². The number of nitrogens with zero attached hydrogens (tertiary/aromatic N) is 2. The largest absolute Gasteiger partial charge is 0.453 e. The Bertz CT molecular complexity index is 1030. The van der Waals surface area contributed by atoms with Gasteiger partial charge in [0.1, 0.15) is 5.82 Å². The van der Waals surface area contributed by atoms with Gasteiger partial charge in [-0.15, -0.1) is 0 Å². The summed E-state index contributed by atoms with van der Waals surface area (Å²) in [6.45, 7) is 1.78. The molecule has 2 N–H and O–H groups in total. The van der Waals surface area contributed by atoms with Crippen molar-refractivity contribution in [3.63, 3.8) is 0 Å². The maximum atomic E-state index is 13.8. The van der Waals surface area contributed by atoms with E-state index in [1.807, 2.05) is 24.3 Å². The first-order valence-electron chi connectivity index (χ1n) is 8.15. The van der Waals surface area contributed by atoms with Crippen molar-refractivity contribution in [2.75, 3.05) is 17.7 Å². The number of benzene rings is 2. The molecule has 0 bridgehead atoms. The van der Waals surface area contributed by atoms with Crippen LogP contribution in [-0.2, 0) is 4.74 Å². The van der Waals surface area contributed by atoms with Crippen molar-refractivity contribution >= 4 is 39.3 Å². The van der Waals surface area contributed by atoms with Gasteiger partial charge in [-0.2, -0.15) is 5.10 Å². The topological polar surface area (TPSA) is 85.2 Å². The third kappa shape index (κ3) is 4.20. The van der Waals surface area contributed by atoms with Crippen LogP contribution in [-0.4, -0.2) is 28.9 Å². The molecule has 0 atom stereocenters. The fraction of sp³-hybridized carbons (Fsp3) is 0.105. The van der Waals surface area contributed by atoms with E-state index in [9.17, 15) is 14.0 Å². The lowest BCUT2D eigenvalue weighted by molar-refractivity contribution is 0.102. The molecule has 2 aromatic carbocycles. The molecular weight excluding hydrogens is 431 g/mol. The van der Waals surface area contributed by atoms with Crippen LogP contribution in [0.4, 0.5) is 20.6 Å². The molecule has 0 radical (unpaired) electrons. The summed E-state index contributed by atoms with van der Waals surface area (Å²) in [7, 11) is 1.17. The number of carbonyl (C=O) groups excluding carboxylic acids is 2. The van der Waals surface area contributed by atoms with Crippen LogP contribution in [0.3, 0.4) is 0 Å². The summed E-state index contributed by atoms with van der Waals surface area (Å²) < 4.78 is 20.8. The Kier molecular flexibility index (Phi) is 5.74. The van der Waals surface area contributed by atoms with E-state index >= 15 is 0 Å². The number of anilines is 2. The van der Waals surface area contributed by atoms with Crippen molar-refractivity contribution in [2.24, 2.45) is 0 Å². The normalized spacial score (nSPS) is 10.4. The summed E-state index contributed by atoms with van der Waals surface area (Å²) in [5.74, 6) is -1.06. The first kappa shape index (κ1) is 19.6. The predicted molar refractivity (Wildman–Crippen MR) is 106 cm³/mol. The van der Waals surface area contributed by atoms with E-state index in [0.717, 1.165) is 16.2 Å². The third-order valence-electron chi connectivity index (χ3n) is 3.97. The van der Waals surface area contributed by atoms with Gasteiger partial charge >= 0.3 is 6.09 Å². The summed E-state index contributed by atoms with van der Waals surface area (Å²) in [5.41, 5.74) is 2.04. The number of ether oxygens (including phenoxy) is 1. The molecule has 0 spiro atoms. The van der Waals surface area contributed by atoms with E-state index < -0.39 is 17.8 Å². The second-order valence-corrected chi connectivity index (χ2v) is 6.71. The Hall–Kier alpha value is -3.20. The summed E-state index contributed by atoms with van der Waals surface area (Å²) in [6.07, 6.45) is 0.651. The minimum absolute atomic E-state index is 0.105. The van der Waals surface area contributed by atoms with Crippen LogP contribution in [0.2, 0.25) is 0 Å². The second-order valence-electron chi connectivity index (χ2n) is 5.80. The van der Waals surface area contributed by atoms with Gasteiger partial charge < -0.3 is 10.1 Å². The number of amides is 2. The quantitative estimate of drug-likeness (QED) is 0.616. The lowest BCUT2D eigenvalue weighted by atomic mass is 10.2. The number of rotatable bonds is 4. The van der Waals surface area contributed by atoms with Crippen LogP contribution in [0.5, 0.6) is 0 Å². The molecule has 7 nitrogen and oxygen atoms in total. The highest BCUT2D eigenvalue weighted by Gasteiger charge is 2.16. The monoisotopic (exact) mass is 446 g/mol. The molecule has 3 rings (SSSR count). The predicted octanol–water partition coefficient (Wildman–Crippen LogP) is 4.51. The molecule has 1 aromatic heterocycles. The van der Waals surface area contributed by atoms with Gasteiger partial charge in [0.25, 0.3) is 5.91 Å². The fourth-order valence-electron chi connectivity index (χ4n) is 2.53. The zero-order valence-electron chi connectivity index (χ0n) is 15.0. The zero-order chi connectivity index (χ0) is 20.3. The Labute approximate surface area is 168 Å². The first-order chi connectivity index (χ1) is 13.4. The van der Waals surface area contributed by atoms with Crippen molar-refractivity contribution in [1.29, 1.82) is 0 Å². The summed E-state index contributed by atoms with van der Waals surface area (Å²) in [6, 6.07) is 11.3. The van der Waals surface area contributed by atoms with Gasteiger partial charge in [-0.1, -0.05) is 15.9 Å². The van der Waals surface area contributed by atoms with Crippen LogP contribution in [0.25, 0.3) is 5.69 Å². The van der Waals surface area contributed by atoms with Crippen molar-refractivity contribution in [2.45, 2.75) is 6.92 Å². The van der Waals surface area contributed by atoms with Gasteiger partial charge in [-0.3, -0.25) is 10.1 Å². The van der Waals surface area contributed by atoms with Crippen LogP contribution in [0.15, 0.2) is 53.1 Å². The number of halogens is 2. The highest BCUT2D eigenvalue weighted by atomic mass is 79.9. The lowest BCUT2D eigenvalue weighted by Crippen LogP contribution is -2.15. The van der Waals surface area contributed by atoms with Gasteiger partial charge in [-0.05, 0) is 49.4 Å². The summed E-state index contributed by atoms with van der Waals surface area (Å²) >= 11 is 3.38. The van der Waals surface area contributed by atoms with E-state index in [-0.39, 0.29) is 5.69 Å². The molecule has 0 aliphatic heterocycles. The standard InChI is InChI=1S/C19H16BrFN4O3/c1-11-15(10-22-25(11)14-6-3-12(20)4-7-14)18(26)23-13-5-8-16(21)17(9-13)24-19(27)28-2/h3-10H,1-2H3,(H,23,26)(H,24,27). The average molecular weight is 447 g/mol. The molecular formula is C19H16BrFN4O3. The lowest BCUT2D eigenvalue weighted by Gasteiger charge is -2.09. The van der Waals surface area contributed by atoms with Crippen LogP contribution >= 0.6 is 15.9 Å². The molecule has 0 aliphatic rings. The summed E-state index contributed by atoms with van der Waals surface area (Å²) in [5, 5.41) is 9.19. The summed E-state index contributed by atoms with van der Waals surface area (Å²) in [4.78, 5) is 23.9. The molecule has 3 aromatic rings. The molecule has 28 heavy (non-hydrogen) atoms. The van der Waals surface area contributed by atoms with Crippen LogP contribution < -0.4 is 10.6 Å². The molecule has 0 fully saturated rings. The second kappa shape index (κ2) is 8.22. The SMILES string of the molecule is COC(=O)Nc1cc(NC(=O)c2cnn(-c3ccc(Br)cc3)c2C)ccc1F. The molecule has 0 saturated heterocycles. The molecule has 0 saturated carbocycles. The molecule has 144 valence electrons. The van der Waals surface area contributed by atoms with Gasteiger partial charge in [-0.25, -0.2) is 13.9 Å². The number of carbonyl (C=O) groups is 2. The zero-order valence-corrected chi connectivity index (χ0v) is 16.6. The third-order valence-corrected chi connectivity index (χ3v) is 4.50. The maximum absolute atomic E-state index is 13.8. The van der Waals surface area contributed by atoms with E-state index in [1.54, 1.807) is 11.6 Å². The van der Waals surface area contributed by atoms with Gasteiger partial charge in [0.15, 0.2) is 0 Å².